The molecule has 2 heterocycles. The number of benzene rings is 3. The lowest BCUT2D eigenvalue weighted by molar-refractivity contribution is -0.127. The summed E-state index contributed by atoms with van der Waals surface area (Å²) in [6.07, 6.45) is -3.97. The van der Waals surface area contributed by atoms with Crippen LogP contribution < -0.4 is 11.3 Å². The van der Waals surface area contributed by atoms with Crippen molar-refractivity contribution in [3.05, 3.63) is 135 Å². The van der Waals surface area contributed by atoms with Crippen molar-refractivity contribution in [2.24, 2.45) is 0 Å². The number of halogens is 3. The molecule has 39 heavy (non-hydrogen) atoms. The fraction of sp³-hybridized carbons (Fsp3) is 0.167. The smallest absolute Gasteiger partial charge is 0.369 e. The Labute approximate surface area is 222 Å². The van der Waals surface area contributed by atoms with Crippen LogP contribution in [0.1, 0.15) is 34.0 Å². The Kier molecular flexibility index (Phi) is 7.06. The summed E-state index contributed by atoms with van der Waals surface area (Å²) in [4.78, 5) is 32.5. The van der Waals surface area contributed by atoms with Gasteiger partial charge in [0.2, 0.25) is 11.9 Å². The molecule has 1 aliphatic rings. The van der Waals surface area contributed by atoms with E-state index in [4.69, 9.17) is 5.73 Å². The molecule has 1 aromatic heterocycles. The molecule has 0 saturated heterocycles. The van der Waals surface area contributed by atoms with E-state index in [1.807, 2.05) is 60.7 Å². The summed E-state index contributed by atoms with van der Waals surface area (Å²) in [5.74, 6) is -0.852. The third kappa shape index (κ3) is 5.34. The maximum atomic E-state index is 13.8. The van der Waals surface area contributed by atoms with Crippen LogP contribution in [0.2, 0.25) is 0 Å². The lowest BCUT2D eigenvalue weighted by atomic mass is 9.97. The molecule has 1 amide bonds. The van der Waals surface area contributed by atoms with E-state index in [0.717, 1.165) is 11.1 Å². The molecule has 2 N–H and O–H groups in total. The van der Waals surface area contributed by atoms with E-state index in [0.29, 0.717) is 11.6 Å². The van der Waals surface area contributed by atoms with Gasteiger partial charge in [-0.1, -0.05) is 91.0 Å². The van der Waals surface area contributed by atoms with Crippen molar-refractivity contribution < 1.29 is 18.0 Å². The number of allylic oxidation sites excluding steroid dienone is 1. The zero-order valence-corrected chi connectivity index (χ0v) is 20.8. The first-order valence-electron chi connectivity index (χ1n) is 12.4. The fourth-order valence-corrected chi connectivity index (χ4v) is 4.88. The van der Waals surface area contributed by atoms with Crippen LogP contribution in [-0.2, 0) is 17.8 Å². The number of nitrogen functional groups attached to an aromatic ring is 1. The number of carbonyl (C=O) groups excluding carboxylic acids is 1. The second-order valence-corrected chi connectivity index (χ2v) is 9.23. The molecule has 1 aliphatic heterocycles. The molecule has 0 bridgehead atoms. The van der Waals surface area contributed by atoms with Crippen LogP contribution in [0.3, 0.4) is 0 Å². The number of anilines is 1. The molecule has 0 atom stereocenters. The Morgan fingerprint density at radius 2 is 1.44 bits per heavy atom. The Morgan fingerprint density at radius 1 is 0.897 bits per heavy atom. The number of hydrogen-bond acceptors (Lipinski definition) is 4. The Balaban J connectivity index is 1.50. The largest absolute Gasteiger partial charge is 0.417 e. The van der Waals surface area contributed by atoms with Crippen molar-refractivity contribution in [2.75, 3.05) is 12.3 Å². The third-order valence-corrected chi connectivity index (χ3v) is 6.75. The van der Waals surface area contributed by atoms with Crippen molar-refractivity contribution in [1.29, 1.82) is 0 Å². The maximum Gasteiger partial charge on any atom is 0.417 e. The van der Waals surface area contributed by atoms with E-state index in [1.165, 1.54) is 33.7 Å². The van der Waals surface area contributed by atoms with Gasteiger partial charge in [0.05, 0.1) is 23.9 Å². The monoisotopic (exact) mass is 530 g/mol. The minimum atomic E-state index is -4.72. The molecule has 6 nitrogen and oxygen atoms in total. The number of nitrogens with zero attached hydrogens (tertiary/aromatic N) is 3. The highest BCUT2D eigenvalue weighted by Crippen LogP contribution is 2.34. The summed E-state index contributed by atoms with van der Waals surface area (Å²) in [6, 6.07) is 25.5. The van der Waals surface area contributed by atoms with Gasteiger partial charge in [-0.05, 0) is 23.1 Å². The number of aromatic nitrogens is 2. The molecule has 0 spiro atoms. The van der Waals surface area contributed by atoms with Crippen LogP contribution in [0.4, 0.5) is 19.1 Å². The Hall–Kier alpha value is -4.66. The van der Waals surface area contributed by atoms with Crippen LogP contribution in [0.25, 0.3) is 5.57 Å². The van der Waals surface area contributed by atoms with Gasteiger partial charge in [-0.15, -0.1) is 0 Å². The van der Waals surface area contributed by atoms with E-state index < -0.39 is 23.7 Å². The number of hydrogen-bond donors (Lipinski definition) is 1. The molecule has 198 valence electrons. The summed E-state index contributed by atoms with van der Waals surface area (Å²) in [5, 5.41) is 0. The molecule has 9 heteroatoms. The van der Waals surface area contributed by atoms with E-state index in [2.05, 4.69) is 4.98 Å². The second kappa shape index (κ2) is 10.6. The van der Waals surface area contributed by atoms with E-state index in [1.54, 1.807) is 6.07 Å². The zero-order valence-electron chi connectivity index (χ0n) is 20.8. The van der Waals surface area contributed by atoms with E-state index in [-0.39, 0.29) is 42.3 Å². The van der Waals surface area contributed by atoms with Crippen molar-refractivity contribution in [1.82, 2.24) is 14.5 Å². The summed E-state index contributed by atoms with van der Waals surface area (Å²) >= 11 is 0. The average molecular weight is 531 g/mol. The minimum Gasteiger partial charge on any atom is -0.369 e. The quantitative estimate of drug-likeness (QED) is 0.369. The number of carbonyl (C=O) groups is 1. The summed E-state index contributed by atoms with van der Waals surface area (Å²) < 4.78 is 42.7. The van der Waals surface area contributed by atoms with Gasteiger partial charge in [-0.3, -0.25) is 14.2 Å². The summed E-state index contributed by atoms with van der Waals surface area (Å²) in [6.45, 7) is -0.0450. The zero-order chi connectivity index (χ0) is 27.6. The lowest BCUT2D eigenvalue weighted by Crippen LogP contribution is -2.41. The molecule has 5 rings (SSSR count). The molecule has 3 aromatic carbocycles. The van der Waals surface area contributed by atoms with Crippen molar-refractivity contribution in [3.8, 4) is 0 Å². The third-order valence-electron chi connectivity index (χ3n) is 6.75. The predicted molar refractivity (Wildman–Crippen MR) is 143 cm³/mol. The standard InChI is InChI=1S/C30H25F3N4O2/c31-30(32,33)24(20-10-4-1-5-11-20)18-26(38)36-17-16-23-25(19-36)35-29(34)37(28(23)39)27(21-12-6-2-7-13-21)22-14-8-3-9-15-22/h1-15,18,27H,16-17,19H2,(H2,34,35). The number of nitrogens with two attached hydrogens (primary N) is 1. The van der Waals surface area contributed by atoms with Crippen LogP contribution in [0, 0.1) is 0 Å². The predicted octanol–water partition coefficient (Wildman–Crippen LogP) is 4.99. The summed E-state index contributed by atoms with van der Waals surface area (Å²) in [5.41, 5.74) is 7.25. The van der Waals surface area contributed by atoms with Crippen LogP contribution in [0.15, 0.2) is 102 Å². The van der Waals surface area contributed by atoms with Crippen molar-refractivity contribution >= 4 is 17.4 Å². The first-order valence-corrected chi connectivity index (χ1v) is 12.4. The second-order valence-electron chi connectivity index (χ2n) is 9.23. The molecule has 0 radical (unpaired) electrons. The lowest BCUT2D eigenvalue weighted by Gasteiger charge is -2.30. The van der Waals surface area contributed by atoms with Crippen molar-refractivity contribution in [3.63, 3.8) is 0 Å². The van der Waals surface area contributed by atoms with Crippen LogP contribution in [0.5, 0.6) is 0 Å². The highest BCUT2D eigenvalue weighted by atomic mass is 19.4. The van der Waals surface area contributed by atoms with E-state index in [9.17, 15) is 22.8 Å². The molecular weight excluding hydrogens is 505 g/mol. The summed E-state index contributed by atoms with van der Waals surface area (Å²) in [7, 11) is 0. The van der Waals surface area contributed by atoms with Gasteiger partial charge in [0.15, 0.2) is 0 Å². The van der Waals surface area contributed by atoms with Gasteiger partial charge >= 0.3 is 6.18 Å². The topological polar surface area (TPSA) is 81.2 Å². The van der Waals surface area contributed by atoms with Gasteiger partial charge < -0.3 is 10.6 Å². The minimum absolute atomic E-state index is 0.0402. The molecule has 0 saturated carbocycles. The van der Waals surface area contributed by atoms with Gasteiger partial charge in [0, 0.05) is 18.2 Å². The van der Waals surface area contributed by atoms with Gasteiger partial charge in [-0.2, -0.15) is 13.2 Å². The van der Waals surface area contributed by atoms with Gasteiger partial charge in [0.25, 0.3) is 5.56 Å². The number of rotatable bonds is 5. The first kappa shape index (κ1) is 26.0. The first-order chi connectivity index (χ1) is 18.7. The molecule has 0 unspecified atom stereocenters. The number of alkyl halides is 3. The van der Waals surface area contributed by atoms with Gasteiger partial charge in [0.1, 0.15) is 0 Å². The van der Waals surface area contributed by atoms with Crippen LogP contribution >= 0.6 is 0 Å². The maximum absolute atomic E-state index is 13.8. The number of fused-ring (bicyclic) bond motifs is 1. The normalized spacial score (nSPS) is 13.8. The van der Waals surface area contributed by atoms with E-state index >= 15 is 0 Å². The van der Waals surface area contributed by atoms with Crippen molar-refractivity contribution in [2.45, 2.75) is 25.2 Å². The molecule has 0 aliphatic carbocycles. The SMILES string of the molecule is Nc1nc2c(c(=O)n1C(c1ccccc1)c1ccccc1)CCN(C(=O)C=C(c1ccccc1)C(F)(F)F)C2. The Bertz CT molecular complexity index is 1530. The highest BCUT2D eigenvalue weighted by Gasteiger charge is 2.36. The van der Waals surface area contributed by atoms with Gasteiger partial charge in [-0.25, -0.2) is 4.98 Å². The molecule has 0 fully saturated rings. The molecular formula is C30H25F3N4O2. The molecule has 4 aromatic rings. The Morgan fingerprint density at radius 3 is 1.97 bits per heavy atom. The fourth-order valence-electron chi connectivity index (χ4n) is 4.88. The average Bonchev–Trinajstić information content (AvgIpc) is 2.94. The van der Waals surface area contributed by atoms with Crippen LogP contribution in [-0.4, -0.2) is 33.1 Å². The number of amides is 1. The highest BCUT2D eigenvalue weighted by molar-refractivity contribution is 5.96.